The van der Waals surface area contributed by atoms with E-state index in [0.717, 1.165) is 43.3 Å². The van der Waals surface area contributed by atoms with Gasteiger partial charge < -0.3 is 9.80 Å². The fourth-order valence-electron chi connectivity index (χ4n) is 3.48. The Balaban J connectivity index is 1.33. The van der Waals surface area contributed by atoms with Crippen molar-refractivity contribution < 1.29 is 4.79 Å². The molecule has 3 heterocycles. The Hall–Kier alpha value is -2.18. The van der Waals surface area contributed by atoms with Crippen LogP contribution >= 0.6 is 22.7 Å². The lowest BCUT2D eigenvalue weighted by atomic mass is 10.2. The first-order valence-corrected chi connectivity index (χ1v) is 11.0. The number of benzene rings is 1. The zero-order valence-electron chi connectivity index (χ0n) is 15.4. The van der Waals surface area contributed by atoms with Crippen LogP contribution in [0.1, 0.15) is 16.3 Å². The molecule has 1 amide bonds. The summed E-state index contributed by atoms with van der Waals surface area (Å²) in [5.41, 5.74) is 2.31. The van der Waals surface area contributed by atoms with E-state index >= 15 is 0 Å². The van der Waals surface area contributed by atoms with E-state index in [0.29, 0.717) is 6.42 Å². The molecule has 4 nitrogen and oxygen atoms in total. The number of amides is 1. The van der Waals surface area contributed by atoms with Crippen LogP contribution in [0.3, 0.4) is 0 Å². The fraction of sp³-hybridized carbons (Fsp3) is 0.333. The van der Waals surface area contributed by atoms with Gasteiger partial charge in [0.2, 0.25) is 5.91 Å². The SMILES string of the molecule is Cc1nc(-c2cccs2)c(CCC(=O)N2CCN(c3ccccc3)CC2)s1. The van der Waals surface area contributed by atoms with Crippen LogP contribution in [-0.2, 0) is 11.2 Å². The van der Waals surface area contributed by atoms with Crippen molar-refractivity contribution in [3.63, 3.8) is 0 Å². The van der Waals surface area contributed by atoms with Gasteiger partial charge in [-0.1, -0.05) is 24.3 Å². The number of carbonyl (C=O) groups is 1. The van der Waals surface area contributed by atoms with Gasteiger partial charge in [-0.15, -0.1) is 22.7 Å². The van der Waals surface area contributed by atoms with Gasteiger partial charge in [0.15, 0.2) is 0 Å². The molecule has 1 aromatic carbocycles. The molecule has 1 saturated heterocycles. The minimum atomic E-state index is 0.255. The number of piperazine rings is 1. The van der Waals surface area contributed by atoms with Gasteiger partial charge in [0, 0.05) is 43.2 Å². The highest BCUT2D eigenvalue weighted by molar-refractivity contribution is 7.15. The number of anilines is 1. The first-order valence-electron chi connectivity index (χ1n) is 9.28. The van der Waals surface area contributed by atoms with Crippen LogP contribution in [0.2, 0.25) is 0 Å². The Morgan fingerprint density at radius 2 is 1.85 bits per heavy atom. The predicted octanol–water partition coefficient (Wildman–Crippen LogP) is 4.46. The van der Waals surface area contributed by atoms with Gasteiger partial charge in [-0.25, -0.2) is 4.98 Å². The number of thiophene rings is 1. The van der Waals surface area contributed by atoms with Crippen molar-refractivity contribution in [2.45, 2.75) is 19.8 Å². The van der Waals surface area contributed by atoms with Gasteiger partial charge in [-0.3, -0.25) is 4.79 Å². The second-order valence-corrected chi connectivity index (χ2v) is 8.92. The van der Waals surface area contributed by atoms with Crippen molar-refractivity contribution in [3.8, 4) is 10.6 Å². The van der Waals surface area contributed by atoms with E-state index in [1.54, 1.807) is 22.7 Å². The number of hydrogen-bond donors (Lipinski definition) is 0. The van der Waals surface area contributed by atoms with Crippen LogP contribution < -0.4 is 4.90 Å². The van der Waals surface area contributed by atoms with Crippen LogP contribution in [0.15, 0.2) is 47.8 Å². The van der Waals surface area contributed by atoms with Gasteiger partial charge in [0.05, 0.1) is 15.6 Å². The maximum atomic E-state index is 12.7. The average molecular weight is 398 g/mol. The maximum absolute atomic E-state index is 12.7. The second kappa shape index (κ2) is 8.23. The van der Waals surface area contributed by atoms with E-state index in [1.165, 1.54) is 15.4 Å². The second-order valence-electron chi connectivity index (χ2n) is 6.69. The molecule has 0 saturated carbocycles. The van der Waals surface area contributed by atoms with Crippen molar-refractivity contribution in [1.29, 1.82) is 0 Å². The number of hydrogen-bond acceptors (Lipinski definition) is 5. The summed E-state index contributed by atoms with van der Waals surface area (Å²) < 4.78 is 0. The zero-order chi connectivity index (χ0) is 18.6. The molecule has 0 radical (unpaired) electrons. The quantitative estimate of drug-likeness (QED) is 0.638. The summed E-state index contributed by atoms with van der Waals surface area (Å²) >= 11 is 3.42. The number of para-hydroxylation sites is 1. The van der Waals surface area contributed by atoms with Gasteiger partial charge >= 0.3 is 0 Å². The van der Waals surface area contributed by atoms with Crippen LogP contribution in [0.25, 0.3) is 10.6 Å². The van der Waals surface area contributed by atoms with Crippen molar-refractivity contribution in [2.75, 3.05) is 31.1 Å². The van der Waals surface area contributed by atoms with Crippen molar-refractivity contribution in [1.82, 2.24) is 9.88 Å². The number of nitrogens with zero attached hydrogens (tertiary/aromatic N) is 3. The molecule has 0 bridgehead atoms. The molecule has 2 aromatic heterocycles. The topological polar surface area (TPSA) is 36.4 Å². The largest absolute Gasteiger partial charge is 0.368 e. The Morgan fingerprint density at radius 3 is 2.56 bits per heavy atom. The Kier molecular flexibility index (Phi) is 5.55. The molecule has 27 heavy (non-hydrogen) atoms. The number of aromatic nitrogens is 1. The molecule has 0 atom stereocenters. The van der Waals surface area contributed by atoms with E-state index in [1.807, 2.05) is 17.9 Å². The lowest BCUT2D eigenvalue weighted by Gasteiger charge is -2.36. The summed E-state index contributed by atoms with van der Waals surface area (Å²) in [5.74, 6) is 0.255. The molecule has 3 aromatic rings. The summed E-state index contributed by atoms with van der Waals surface area (Å²) in [4.78, 5) is 24.2. The van der Waals surface area contributed by atoms with E-state index in [9.17, 15) is 4.79 Å². The first-order chi connectivity index (χ1) is 13.2. The van der Waals surface area contributed by atoms with E-state index in [4.69, 9.17) is 0 Å². The third-order valence-electron chi connectivity index (χ3n) is 4.88. The highest BCUT2D eigenvalue weighted by Gasteiger charge is 2.22. The molecule has 6 heteroatoms. The standard InChI is InChI=1S/C21H23N3OS2/c1-16-22-21(18-8-5-15-26-18)19(27-16)9-10-20(25)24-13-11-23(12-14-24)17-6-3-2-4-7-17/h2-8,15H,9-14H2,1H3. The molecule has 1 fully saturated rings. The van der Waals surface area contributed by atoms with Crippen LogP contribution in [-0.4, -0.2) is 42.0 Å². The summed E-state index contributed by atoms with van der Waals surface area (Å²) in [7, 11) is 0. The molecule has 1 aliphatic heterocycles. The molecule has 1 aliphatic rings. The molecular formula is C21H23N3OS2. The molecular weight excluding hydrogens is 374 g/mol. The van der Waals surface area contributed by atoms with Gasteiger partial charge in [0.1, 0.15) is 0 Å². The van der Waals surface area contributed by atoms with Gasteiger partial charge in [-0.05, 0) is 36.9 Å². The van der Waals surface area contributed by atoms with E-state index in [2.05, 4.69) is 51.7 Å². The Morgan fingerprint density at radius 1 is 1.07 bits per heavy atom. The molecule has 0 unspecified atom stereocenters. The summed E-state index contributed by atoms with van der Waals surface area (Å²) in [6.45, 7) is 5.43. The summed E-state index contributed by atoms with van der Waals surface area (Å²) in [6.07, 6.45) is 1.34. The van der Waals surface area contributed by atoms with Gasteiger partial charge in [-0.2, -0.15) is 0 Å². The third kappa shape index (κ3) is 4.22. The smallest absolute Gasteiger partial charge is 0.223 e. The Labute approximate surface area is 168 Å². The van der Waals surface area contributed by atoms with E-state index in [-0.39, 0.29) is 5.91 Å². The van der Waals surface area contributed by atoms with Crippen LogP contribution in [0.4, 0.5) is 5.69 Å². The van der Waals surface area contributed by atoms with Gasteiger partial charge in [0.25, 0.3) is 0 Å². The molecule has 0 aliphatic carbocycles. The average Bonchev–Trinajstić information content (AvgIpc) is 3.36. The summed E-state index contributed by atoms with van der Waals surface area (Å²) in [6, 6.07) is 14.6. The molecule has 0 spiro atoms. The van der Waals surface area contributed by atoms with Crippen molar-refractivity contribution in [3.05, 3.63) is 57.7 Å². The van der Waals surface area contributed by atoms with Crippen molar-refractivity contribution in [2.24, 2.45) is 0 Å². The maximum Gasteiger partial charge on any atom is 0.223 e. The minimum Gasteiger partial charge on any atom is -0.368 e. The first kappa shape index (κ1) is 18.2. The van der Waals surface area contributed by atoms with Crippen LogP contribution in [0, 0.1) is 6.92 Å². The lowest BCUT2D eigenvalue weighted by Crippen LogP contribution is -2.48. The Bertz CT molecular complexity index is 882. The highest BCUT2D eigenvalue weighted by Crippen LogP contribution is 2.32. The normalized spacial score (nSPS) is 14.6. The highest BCUT2D eigenvalue weighted by atomic mass is 32.1. The third-order valence-corrected chi connectivity index (χ3v) is 6.79. The summed E-state index contributed by atoms with van der Waals surface area (Å²) in [5, 5.41) is 3.14. The zero-order valence-corrected chi connectivity index (χ0v) is 17.1. The number of aryl methyl sites for hydroxylation is 2. The number of carbonyl (C=O) groups excluding carboxylic acids is 1. The fourth-order valence-corrected chi connectivity index (χ4v) is 5.23. The molecule has 0 N–H and O–H groups in total. The monoisotopic (exact) mass is 397 g/mol. The van der Waals surface area contributed by atoms with Crippen LogP contribution in [0.5, 0.6) is 0 Å². The molecule has 140 valence electrons. The molecule has 4 rings (SSSR count). The lowest BCUT2D eigenvalue weighted by molar-refractivity contribution is -0.131. The van der Waals surface area contributed by atoms with E-state index < -0.39 is 0 Å². The number of thiazole rings is 1. The predicted molar refractivity (Wildman–Crippen MR) is 114 cm³/mol. The van der Waals surface area contributed by atoms with Crippen molar-refractivity contribution >= 4 is 34.3 Å². The number of rotatable bonds is 5. The minimum absolute atomic E-state index is 0.255.